The van der Waals surface area contributed by atoms with Crippen molar-refractivity contribution >= 4 is 23.2 Å². The first-order valence-corrected chi connectivity index (χ1v) is 8.38. The van der Waals surface area contributed by atoms with Crippen molar-refractivity contribution in [1.82, 2.24) is 10.2 Å². The van der Waals surface area contributed by atoms with Gasteiger partial charge in [0.15, 0.2) is 0 Å². The Morgan fingerprint density at radius 1 is 1.14 bits per heavy atom. The van der Waals surface area contributed by atoms with Crippen molar-refractivity contribution < 1.29 is 9.59 Å². The summed E-state index contributed by atoms with van der Waals surface area (Å²) in [6.45, 7) is 9.91. The molecule has 3 atom stereocenters. The first-order valence-electron chi connectivity index (χ1n) is 7.50. The van der Waals surface area contributed by atoms with Crippen LogP contribution in [0, 0.1) is 11.8 Å². The summed E-state index contributed by atoms with van der Waals surface area (Å²) in [5, 5.41) is 4.91. The lowest BCUT2D eigenvalue weighted by Gasteiger charge is -2.44. The molecule has 1 fully saturated rings. The van der Waals surface area contributed by atoms with E-state index in [2.05, 4.69) is 5.32 Å². The third kappa shape index (κ3) is 2.98. The van der Waals surface area contributed by atoms with E-state index in [0.29, 0.717) is 0 Å². The number of thiophene rings is 1. The largest absolute Gasteiger partial charge is 0.342 e. The number of nitrogens with zero attached hydrogens (tertiary/aromatic N) is 1. The molecule has 2 heterocycles. The van der Waals surface area contributed by atoms with Gasteiger partial charge in [0.1, 0.15) is 12.1 Å². The van der Waals surface area contributed by atoms with Crippen LogP contribution in [-0.4, -0.2) is 28.8 Å². The van der Waals surface area contributed by atoms with E-state index in [1.165, 1.54) is 0 Å². The summed E-state index contributed by atoms with van der Waals surface area (Å²) in [6.07, 6.45) is 0. The zero-order chi connectivity index (χ0) is 15.7. The van der Waals surface area contributed by atoms with E-state index >= 15 is 0 Å². The number of carbonyl (C=O) groups is 2. The molecular weight excluding hydrogens is 284 g/mol. The third-order valence-corrected chi connectivity index (χ3v) is 5.10. The van der Waals surface area contributed by atoms with Gasteiger partial charge in [0.05, 0.1) is 6.04 Å². The minimum absolute atomic E-state index is 0.0317. The molecule has 1 saturated heterocycles. The van der Waals surface area contributed by atoms with Crippen LogP contribution in [-0.2, 0) is 9.59 Å². The van der Waals surface area contributed by atoms with Crippen molar-refractivity contribution in [3.8, 4) is 0 Å². The quantitative estimate of drug-likeness (QED) is 0.930. The number of nitrogens with one attached hydrogen (secondary N) is 1. The molecule has 21 heavy (non-hydrogen) atoms. The van der Waals surface area contributed by atoms with Gasteiger partial charge in [0.2, 0.25) is 11.8 Å². The van der Waals surface area contributed by atoms with Crippen molar-refractivity contribution in [2.24, 2.45) is 11.8 Å². The fraction of sp³-hybridized carbons (Fsp3) is 0.625. The molecule has 0 saturated carbocycles. The molecule has 0 aromatic carbocycles. The fourth-order valence-corrected chi connectivity index (χ4v) is 3.68. The summed E-state index contributed by atoms with van der Waals surface area (Å²) in [5.74, 6) is 0.174. The molecule has 5 heteroatoms. The van der Waals surface area contributed by atoms with Crippen LogP contribution in [0.1, 0.15) is 45.5 Å². The molecule has 2 rings (SSSR count). The van der Waals surface area contributed by atoms with Crippen LogP contribution in [0.4, 0.5) is 0 Å². The molecule has 1 aromatic rings. The number of carbonyl (C=O) groups excluding carboxylic acids is 2. The Bertz CT molecular complexity index is 510. The molecule has 1 N–H and O–H groups in total. The van der Waals surface area contributed by atoms with Gasteiger partial charge in [-0.1, -0.05) is 33.8 Å². The molecule has 0 radical (unpaired) electrons. The SMILES string of the molecule is CC(C)C1NC(=O)C(C(C)C)N(C(C)c2cccs2)C1=O. The minimum atomic E-state index is -0.421. The van der Waals surface area contributed by atoms with Crippen molar-refractivity contribution in [1.29, 1.82) is 0 Å². The van der Waals surface area contributed by atoms with Gasteiger partial charge in [-0.2, -0.15) is 0 Å². The monoisotopic (exact) mass is 308 g/mol. The van der Waals surface area contributed by atoms with Crippen molar-refractivity contribution in [2.45, 2.75) is 52.7 Å². The van der Waals surface area contributed by atoms with E-state index < -0.39 is 12.1 Å². The Labute approximate surface area is 130 Å². The lowest BCUT2D eigenvalue weighted by molar-refractivity contribution is -0.155. The van der Waals surface area contributed by atoms with Crippen LogP contribution in [0.5, 0.6) is 0 Å². The zero-order valence-electron chi connectivity index (χ0n) is 13.3. The number of amides is 2. The number of hydrogen-bond donors (Lipinski definition) is 1. The van der Waals surface area contributed by atoms with E-state index in [0.717, 1.165) is 4.88 Å². The molecule has 116 valence electrons. The summed E-state index contributed by atoms with van der Waals surface area (Å²) >= 11 is 1.63. The van der Waals surface area contributed by atoms with Gasteiger partial charge in [-0.25, -0.2) is 0 Å². The number of hydrogen-bond acceptors (Lipinski definition) is 3. The normalized spacial score (nSPS) is 24.6. The van der Waals surface area contributed by atoms with Gasteiger partial charge >= 0.3 is 0 Å². The van der Waals surface area contributed by atoms with E-state index in [-0.39, 0.29) is 29.7 Å². The molecule has 1 aliphatic heterocycles. The average Bonchev–Trinajstić information content (AvgIpc) is 2.92. The van der Waals surface area contributed by atoms with Crippen LogP contribution in [0.15, 0.2) is 17.5 Å². The second-order valence-corrected chi connectivity index (χ2v) is 7.34. The molecule has 2 amide bonds. The predicted octanol–water partition coefficient (Wildman–Crippen LogP) is 2.82. The fourth-order valence-electron chi connectivity index (χ4n) is 2.90. The van der Waals surface area contributed by atoms with E-state index in [9.17, 15) is 9.59 Å². The van der Waals surface area contributed by atoms with E-state index in [1.807, 2.05) is 52.1 Å². The molecule has 3 unspecified atom stereocenters. The standard InChI is InChI=1S/C16H24N2O2S/c1-9(2)13-16(20)18(11(5)12-7-6-8-21-12)14(10(3)4)15(19)17-13/h6-11,13-14H,1-5H3,(H,17,19). The van der Waals surface area contributed by atoms with Gasteiger partial charge in [0, 0.05) is 4.88 Å². The highest BCUT2D eigenvalue weighted by molar-refractivity contribution is 7.10. The molecule has 0 bridgehead atoms. The minimum Gasteiger partial charge on any atom is -0.342 e. The van der Waals surface area contributed by atoms with Crippen LogP contribution >= 0.6 is 11.3 Å². The second-order valence-electron chi connectivity index (χ2n) is 6.36. The highest BCUT2D eigenvalue weighted by Crippen LogP contribution is 2.32. The van der Waals surface area contributed by atoms with Crippen LogP contribution in [0.3, 0.4) is 0 Å². The highest BCUT2D eigenvalue weighted by Gasteiger charge is 2.45. The maximum absolute atomic E-state index is 12.9. The molecule has 4 nitrogen and oxygen atoms in total. The Kier molecular flexibility index (Phi) is 4.71. The lowest BCUT2D eigenvalue weighted by atomic mass is 9.91. The smallest absolute Gasteiger partial charge is 0.246 e. The van der Waals surface area contributed by atoms with Gasteiger partial charge < -0.3 is 10.2 Å². The summed E-state index contributed by atoms with van der Waals surface area (Å²) in [5.41, 5.74) is 0. The Hall–Kier alpha value is -1.36. The van der Waals surface area contributed by atoms with Crippen molar-refractivity contribution in [3.63, 3.8) is 0 Å². The van der Waals surface area contributed by atoms with Crippen LogP contribution < -0.4 is 5.32 Å². The van der Waals surface area contributed by atoms with E-state index in [4.69, 9.17) is 0 Å². The molecule has 0 aliphatic carbocycles. The first-order chi connectivity index (χ1) is 9.84. The van der Waals surface area contributed by atoms with Crippen LogP contribution in [0.2, 0.25) is 0 Å². The highest BCUT2D eigenvalue weighted by atomic mass is 32.1. The first kappa shape index (κ1) is 16.0. The zero-order valence-corrected chi connectivity index (χ0v) is 14.1. The summed E-state index contributed by atoms with van der Waals surface area (Å²) in [7, 11) is 0. The molecule has 0 spiro atoms. The van der Waals surface area contributed by atoms with Crippen molar-refractivity contribution in [2.75, 3.05) is 0 Å². The van der Waals surface area contributed by atoms with Crippen LogP contribution in [0.25, 0.3) is 0 Å². The lowest BCUT2D eigenvalue weighted by Crippen LogP contribution is -2.66. The molecule has 1 aromatic heterocycles. The van der Waals surface area contributed by atoms with Gasteiger partial charge in [0.25, 0.3) is 0 Å². The molecular formula is C16H24N2O2S. The number of piperazine rings is 1. The van der Waals surface area contributed by atoms with Gasteiger partial charge in [-0.3, -0.25) is 9.59 Å². The average molecular weight is 308 g/mol. The Balaban J connectivity index is 2.39. The summed E-state index contributed by atoms with van der Waals surface area (Å²) in [4.78, 5) is 28.3. The topological polar surface area (TPSA) is 49.4 Å². The Morgan fingerprint density at radius 2 is 1.81 bits per heavy atom. The maximum Gasteiger partial charge on any atom is 0.246 e. The predicted molar refractivity (Wildman–Crippen MR) is 85.0 cm³/mol. The maximum atomic E-state index is 12.9. The van der Waals surface area contributed by atoms with E-state index in [1.54, 1.807) is 16.2 Å². The van der Waals surface area contributed by atoms with Crippen molar-refractivity contribution in [3.05, 3.63) is 22.4 Å². The van der Waals surface area contributed by atoms with Gasteiger partial charge in [-0.15, -0.1) is 11.3 Å². The summed E-state index contributed by atoms with van der Waals surface area (Å²) in [6, 6.07) is 3.11. The summed E-state index contributed by atoms with van der Waals surface area (Å²) < 4.78 is 0. The second kappa shape index (κ2) is 6.18. The van der Waals surface area contributed by atoms with Gasteiger partial charge in [-0.05, 0) is 30.2 Å². The number of rotatable bonds is 4. The third-order valence-electron chi connectivity index (χ3n) is 4.06. The molecule has 1 aliphatic rings. The Morgan fingerprint density at radius 3 is 2.29 bits per heavy atom.